The Labute approximate surface area is 95.1 Å². The van der Waals surface area contributed by atoms with Crippen molar-refractivity contribution < 1.29 is 4.42 Å². The predicted octanol–water partition coefficient (Wildman–Crippen LogP) is 4.12. The smallest absolute Gasteiger partial charge is 0.169 e. The lowest BCUT2D eigenvalue weighted by Gasteiger charge is -1.89. The summed E-state index contributed by atoms with van der Waals surface area (Å²) in [5.41, 5.74) is 0.934. The summed E-state index contributed by atoms with van der Waals surface area (Å²) in [4.78, 5) is 4.49. The maximum Gasteiger partial charge on any atom is 0.169 e. The van der Waals surface area contributed by atoms with Crippen molar-refractivity contribution in [2.24, 2.45) is 0 Å². The summed E-state index contributed by atoms with van der Waals surface area (Å²) in [6, 6.07) is 3.81. The minimum atomic E-state index is 0.748. The molecule has 0 unspecified atom stereocenters. The largest absolute Gasteiger partial charge is 0.448 e. The molecule has 2 rings (SSSR count). The molecule has 0 saturated carbocycles. The Balaban J connectivity index is 2.24. The molecule has 0 bridgehead atoms. The van der Waals surface area contributed by atoms with E-state index in [-0.39, 0.29) is 0 Å². The fraction of sp³-hybridized carbons (Fsp3) is 0.300. The molecule has 0 aliphatic carbocycles. The Morgan fingerprint density at radius 1 is 1.50 bits per heavy atom. The Morgan fingerprint density at radius 2 is 2.36 bits per heavy atom. The van der Waals surface area contributed by atoms with Gasteiger partial charge in [-0.25, -0.2) is 4.98 Å². The predicted molar refractivity (Wildman–Crippen MR) is 61.5 cm³/mol. The topological polar surface area (TPSA) is 26.0 Å². The van der Waals surface area contributed by atoms with Crippen molar-refractivity contribution >= 4 is 27.3 Å². The first-order valence-electron chi connectivity index (χ1n) is 4.49. The van der Waals surface area contributed by atoms with E-state index in [4.69, 9.17) is 4.42 Å². The lowest BCUT2D eigenvalue weighted by Crippen LogP contribution is -1.80. The van der Waals surface area contributed by atoms with Gasteiger partial charge in [-0.1, -0.05) is 6.92 Å². The average Bonchev–Trinajstić information content (AvgIpc) is 2.74. The molecule has 2 heterocycles. The summed E-state index contributed by atoms with van der Waals surface area (Å²) < 4.78 is 6.17. The van der Waals surface area contributed by atoms with Crippen LogP contribution >= 0.6 is 27.3 Å². The van der Waals surface area contributed by atoms with Crippen LogP contribution in [-0.4, -0.2) is 4.98 Å². The van der Waals surface area contributed by atoms with Crippen LogP contribution in [0.25, 0.3) is 11.5 Å². The standard InChI is InChI=1S/C10H10BrNOS/c1-2-3-10-12-7(6-14-10)8-4-5-9(11)13-8/h4-6H,2-3H2,1H3. The van der Waals surface area contributed by atoms with Gasteiger partial charge in [-0.2, -0.15) is 0 Å². The number of nitrogens with zero attached hydrogens (tertiary/aromatic N) is 1. The van der Waals surface area contributed by atoms with Crippen molar-refractivity contribution in [1.82, 2.24) is 4.98 Å². The van der Waals surface area contributed by atoms with Crippen LogP contribution < -0.4 is 0 Å². The van der Waals surface area contributed by atoms with Crippen LogP contribution in [0.2, 0.25) is 0 Å². The summed E-state index contributed by atoms with van der Waals surface area (Å²) >= 11 is 4.97. The normalized spacial score (nSPS) is 10.7. The van der Waals surface area contributed by atoms with Crippen molar-refractivity contribution in [3.8, 4) is 11.5 Å². The summed E-state index contributed by atoms with van der Waals surface area (Å²) in [5, 5.41) is 3.21. The molecule has 0 radical (unpaired) electrons. The van der Waals surface area contributed by atoms with E-state index in [2.05, 4.69) is 27.8 Å². The molecular weight excluding hydrogens is 262 g/mol. The van der Waals surface area contributed by atoms with Gasteiger partial charge in [0.05, 0.1) is 5.01 Å². The molecule has 2 aromatic heterocycles. The zero-order valence-electron chi connectivity index (χ0n) is 7.79. The van der Waals surface area contributed by atoms with Crippen molar-refractivity contribution in [2.45, 2.75) is 19.8 Å². The van der Waals surface area contributed by atoms with Crippen LogP contribution in [0, 0.1) is 0 Å². The number of halogens is 1. The van der Waals surface area contributed by atoms with Gasteiger partial charge in [-0.05, 0) is 40.9 Å². The lowest BCUT2D eigenvalue weighted by molar-refractivity contribution is 0.554. The second kappa shape index (κ2) is 4.28. The second-order valence-corrected chi connectivity index (χ2v) is 4.70. The number of aromatic nitrogens is 1. The third kappa shape index (κ3) is 2.07. The fourth-order valence-corrected chi connectivity index (χ4v) is 2.40. The van der Waals surface area contributed by atoms with Crippen LogP contribution in [0.15, 0.2) is 26.6 Å². The molecule has 0 spiro atoms. The summed E-state index contributed by atoms with van der Waals surface area (Å²) in [6.45, 7) is 2.16. The maximum atomic E-state index is 5.42. The van der Waals surface area contributed by atoms with Gasteiger partial charge in [0.2, 0.25) is 0 Å². The Morgan fingerprint density at radius 3 is 3.00 bits per heavy atom. The van der Waals surface area contributed by atoms with Gasteiger partial charge in [-0.3, -0.25) is 0 Å². The minimum absolute atomic E-state index is 0.748. The highest BCUT2D eigenvalue weighted by atomic mass is 79.9. The van der Waals surface area contributed by atoms with Crippen molar-refractivity contribution in [3.05, 3.63) is 27.2 Å². The van der Waals surface area contributed by atoms with Crippen LogP contribution in [0.5, 0.6) is 0 Å². The molecule has 74 valence electrons. The second-order valence-electron chi connectivity index (χ2n) is 2.98. The first kappa shape index (κ1) is 9.93. The third-order valence-electron chi connectivity index (χ3n) is 1.84. The van der Waals surface area contributed by atoms with E-state index in [1.54, 1.807) is 11.3 Å². The van der Waals surface area contributed by atoms with E-state index in [1.807, 2.05) is 17.5 Å². The lowest BCUT2D eigenvalue weighted by atomic mass is 10.3. The number of hydrogen-bond donors (Lipinski definition) is 0. The molecule has 0 atom stereocenters. The summed E-state index contributed by atoms with van der Waals surface area (Å²) in [7, 11) is 0. The average molecular weight is 272 g/mol. The molecular formula is C10H10BrNOS. The molecule has 0 amide bonds. The van der Waals surface area contributed by atoms with E-state index in [9.17, 15) is 0 Å². The van der Waals surface area contributed by atoms with E-state index in [0.717, 1.165) is 29.0 Å². The van der Waals surface area contributed by atoms with Gasteiger partial charge in [0, 0.05) is 5.38 Å². The number of hydrogen-bond acceptors (Lipinski definition) is 3. The highest BCUT2D eigenvalue weighted by Gasteiger charge is 2.07. The Bertz CT molecular complexity index is 421. The molecule has 0 fully saturated rings. The summed E-state index contributed by atoms with van der Waals surface area (Å²) in [6.07, 6.45) is 2.18. The minimum Gasteiger partial charge on any atom is -0.448 e. The molecule has 0 aromatic carbocycles. The fourth-order valence-electron chi connectivity index (χ4n) is 1.20. The van der Waals surface area contributed by atoms with E-state index < -0.39 is 0 Å². The van der Waals surface area contributed by atoms with Gasteiger partial charge >= 0.3 is 0 Å². The number of thiazole rings is 1. The SMILES string of the molecule is CCCc1nc(-c2ccc(Br)o2)cs1. The van der Waals surface area contributed by atoms with Gasteiger partial charge in [0.15, 0.2) is 10.4 Å². The van der Waals surface area contributed by atoms with Crippen molar-refractivity contribution in [2.75, 3.05) is 0 Å². The van der Waals surface area contributed by atoms with Gasteiger partial charge in [0.25, 0.3) is 0 Å². The first-order valence-corrected chi connectivity index (χ1v) is 6.17. The van der Waals surface area contributed by atoms with E-state index >= 15 is 0 Å². The van der Waals surface area contributed by atoms with Crippen LogP contribution in [0.4, 0.5) is 0 Å². The third-order valence-corrected chi connectivity index (χ3v) is 3.18. The monoisotopic (exact) mass is 271 g/mol. The van der Waals surface area contributed by atoms with Crippen LogP contribution in [-0.2, 0) is 6.42 Å². The molecule has 4 heteroatoms. The van der Waals surface area contributed by atoms with Crippen LogP contribution in [0.3, 0.4) is 0 Å². The molecule has 2 aromatic rings. The van der Waals surface area contributed by atoms with E-state index in [1.165, 1.54) is 5.01 Å². The molecule has 0 N–H and O–H groups in total. The van der Waals surface area contributed by atoms with Crippen molar-refractivity contribution in [1.29, 1.82) is 0 Å². The zero-order valence-corrected chi connectivity index (χ0v) is 10.2. The summed E-state index contributed by atoms with van der Waals surface area (Å²) in [5.74, 6) is 0.829. The van der Waals surface area contributed by atoms with Gasteiger partial charge in [0.1, 0.15) is 5.69 Å². The molecule has 0 aliphatic rings. The van der Waals surface area contributed by atoms with E-state index in [0.29, 0.717) is 0 Å². The Kier molecular flexibility index (Phi) is 3.03. The number of furan rings is 1. The van der Waals surface area contributed by atoms with Gasteiger partial charge in [-0.15, -0.1) is 11.3 Å². The zero-order chi connectivity index (χ0) is 9.97. The number of rotatable bonds is 3. The first-order chi connectivity index (χ1) is 6.79. The molecule has 0 aliphatic heterocycles. The molecule has 2 nitrogen and oxygen atoms in total. The maximum absolute atomic E-state index is 5.42. The highest BCUT2D eigenvalue weighted by Crippen LogP contribution is 2.26. The highest BCUT2D eigenvalue weighted by molar-refractivity contribution is 9.10. The quantitative estimate of drug-likeness (QED) is 0.840. The van der Waals surface area contributed by atoms with Gasteiger partial charge < -0.3 is 4.42 Å². The Hall–Kier alpha value is -0.610. The molecule has 14 heavy (non-hydrogen) atoms. The van der Waals surface area contributed by atoms with Crippen molar-refractivity contribution in [3.63, 3.8) is 0 Å². The molecule has 0 saturated heterocycles. The number of aryl methyl sites for hydroxylation is 1. The van der Waals surface area contributed by atoms with Crippen LogP contribution in [0.1, 0.15) is 18.4 Å².